The highest BCUT2D eigenvalue weighted by Gasteiger charge is 2.39. The van der Waals surface area contributed by atoms with Gasteiger partial charge in [0.1, 0.15) is 17.7 Å². The molecule has 3 aromatic heterocycles. The minimum atomic E-state index is -3.77. The minimum absolute atomic E-state index is 0.102. The van der Waals surface area contributed by atoms with E-state index in [0.29, 0.717) is 31.9 Å². The Morgan fingerprint density at radius 1 is 1.14 bits per heavy atom. The zero-order chi connectivity index (χ0) is 31.1. The topological polar surface area (TPSA) is 150 Å². The number of ether oxygens (including phenoxy) is 1. The average Bonchev–Trinajstić information content (AvgIpc) is 3.45. The lowest BCUT2D eigenvalue weighted by molar-refractivity contribution is -0.124. The van der Waals surface area contributed by atoms with E-state index in [1.165, 1.54) is 9.21 Å². The molecule has 0 spiro atoms. The van der Waals surface area contributed by atoms with Crippen molar-refractivity contribution < 1.29 is 22.7 Å². The minimum Gasteiger partial charge on any atom is -0.444 e. The molecule has 0 saturated carbocycles. The van der Waals surface area contributed by atoms with Gasteiger partial charge in [0.25, 0.3) is 10.0 Å². The summed E-state index contributed by atoms with van der Waals surface area (Å²) in [5, 5.41) is 8.53. The highest BCUT2D eigenvalue weighted by Crippen LogP contribution is 2.32. The quantitative estimate of drug-likeness (QED) is 0.372. The highest BCUT2D eigenvalue weighted by molar-refractivity contribution is 7.91. The molecule has 43 heavy (non-hydrogen) atoms. The summed E-state index contributed by atoms with van der Waals surface area (Å²) in [7, 11) is -3.77. The summed E-state index contributed by atoms with van der Waals surface area (Å²) >= 11 is 2.58. The number of aryl methyl sites for hydroxylation is 2. The second kappa shape index (κ2) is 12.2. The normalized spacial score (nSPS) is 18.0. The van der Waals surface area contributed by atoms with E-state index in [2.05, 4.69) is 42.8 Å². The SMILES string of the molecule is Cc1nc(NC(=O)C2CN(C(=O)OC(C)(C)C)C2)sc1S(=O)(=O)N1CCN(CC(C)Nc2ncnc3c(C)csc23)CC1. The lowest BCUT2D eigenvalue weighted by Crippen LogP contribution is -2.55. The molecule has 1 atom stereocenters. The van der Waals surface area contributed by atoms with Crippen LogP contribution in [0.3, 0.4) is 0 Å². The van der Waals surface area contributed by atoms with Crippen LogP contribution in [0.25, 0.3) is 10.2 Å². The standard InChI is InChI=1S/C27H38N8O5S3/c1-16-14-41-21-20(16)28-15-29-22(21)30-17(2)11-33-7-9-35(10-8-33)43(38,39)24-18(3)31-25(42-24)32-23(36)19-12-34(13-19)26(37)40-27(4,5)6/h14-15,17,19H,7-13H2,1-6H3,(H,28,29,30)(H,31,32,36). The van der Waals surface area contributed by atoms with Gasteiger partial charge in [-0.2, -0.15) is 4.31 Å². The molecule has 2 N–H and O–H groups in total. The fraction of sp³-hybridized carbons (Fsp3) is 0.593. The number of rotatable bonds is 8. The fourth-order valence-electron chi connectivity index (χ4n) is 5.01. The molecule has 13 nitrogen and oxygen atoms in total. The molecule has 3 aromatic rings. The van der Waals surface area contributed by atoms with Gasteiger partial charge in [-0.15, -0.1) is 11.3 Å². The predicted octanol–water partition coefficient (Wildman–Crippen LogP) is 3.38. The largest absolute Gasteiger partial charge is 0.444 e. The van der Waals surface area contributed by atoms with Crippen LogP contribution < -0.4 is 10.6 Å². The van der Waals surface area contributed by atoms with Crippen LogP contribution in [0.5, 0.6) is 0 Å². The number of likely N-dealkylation sites (tertiary alicyclic amines) is 1. The Labute approximate surface area is 259 Å². The highest BCUT2D eigenvalue weighted by atomic mass is 32.2. The lowest BCUT2D eigenvalue weighted by Gasteiger charge is -2.38. The number of hydrogen-bond acceptors (Lipinski definition) is 12. The van der Waals surface area contributed by atoms with Crippen molar-refractivity contribution in [3.05, 3.63) is 23.0 Å². The van der Waals surface area contributed by atoms with Crippen LogP contribution in [0.15, 0.2) is 15.9 Å². The number of nitrogens with zero attached hydrogens (tertiary/aromatic N) is 6. The van der Waals surface area contributed by atoms with Crippen LogP contribution >= 0.6 is 22.7 Å². The summed E-state index contributed by atoms with van der Waals surface area (Å²) in [6.45, 7) is 14.3. The summed E-state index contributed by atoms with van der Waals surface area (Å²) < 4.78 is 35.0. The van der Waals surface area contributed by atoms with Gasteiger partial charge in [-0.05, 0) is 52.5 Å². The Bertz CT molecular complexity index is 1600. The van der Waals surface area contributed by atoms with Crippen molar-refractivity contribution in [3.63, 3.8) is 0 Å². The molecule has 2 fully saturated rings. The van der Waals surface area contributed by atoms with Crippen LogP contribution in [0.4, 0.5) is 15.7 Å². The molecule has 0 aliphatic carbocycles. The molecule has 0 radical (unpaired) electrons. The van der Waals surface area contributed by atoms with Crippen molar-refractivity contribution >= 4 is 65.9 Å². The zero-order valence-electron chi connectivity index (χ0n) is 25.2. The van der Waals surface area contributed by atoms with Gasteiger partial charge in [0.05, 0.1) is 21.8 Å². The molecule has 16 heteroatoms. The third-order valence-electron chi connectivity index (χ3n) is 7.24. The number of carbonyl (C=O) groups is 2. The first-order valence-corrected chi connectivity index (χ1v) is 17.3. The number of aromatic nitrogens is 3. The van der Waals surface area contributed by atoms with Crippen molar-refractivity contribution in [1.29, 1.82) is 0 Å². The van der Waals surface area contributed by atoms with Gasteiger partial charge in [-0.1, -0.05) is 11.3 Å². The Balaban J connectivity index is 1.12. The number of nitrogens with one attached hydrogen (secondary N) is 2. The maximum Gasteiger partial charge on any atom is 0.410 e. The maximum absolute atomic E-state index is 13.5. The Hall–Kier alpha value is -2.92. The summed E-state index contributed by atoms with van der Waals surface area (Å²) in [6.07, 6.45) is 1.12. The third-order valence-corrected chi connectivity index (χ3v) is 11.9. The summed E-state index contributed by atoms with van der Waals surface area (Å²) in [5.41, 5.74) is 1.83. The van der Waals surface area contributed by atoms with Crippen LogP contribution in [0, 0.1) is 19.8 Å². The number of hydrogen-bond donors (Lipinski definition) is 2. The number of anilines is 2. The van der Waals surface area contributed by atoms with Gasteiger partial charge >= 0.3 is 6.09 Å². The van der Waals surface area contributed by atoms with E-state index in [4.69, 9.17) is 4.74 Å². The summed E-state index contributed by atoms with van der Waals surface area (Å²) in [6, 6.07) is 0.102. The van der Waals surface area contributed by atoms with Crippen LogP contribution in [0.1, 0.15) is 39.0 Å². The summed E-state index contributed by atoms with van der Waals surface area (Å²) in [4.78, 5) is 41.7. The Morgan fingerprint density at radius 2 is 1.84 bits per heavy atom. The number of sulfonamides is 1. The number of piperazine rings is 1. The number of thiazole rings is 1. The van der Waals surface area contributed by atoms with E-state index in [1.807, 2.05) is 6.92 Å². The second-order valence-corrected chi connectivity index (χ2v) is 16.0. The van der Waals surface area contributed by atoms with Crippen LogP contribution in [-0.2, 0) is 19.6 Å². The van der Waals surface area contributed by atoms with Crippen molar-refractivity contribution in [2.45, 2.75) is 57.4 Å². The number of fused-ring (bicyclic) bond motifs is 1. The molecular formula is C27H38N8O5S3. The van der Waals surface area contributed by atoms with Gasteiger partial charge < -0.3 is 20.3 Å². The smallest absolute Gasteiger partial charge is 0.410 e. The number of thiophene rings is 1. The Kier molecular flexibility index (Phi) is 8.96. The van der Waals surface area contributed by atoms with Crippen LogP contribution in [0.2, 0.25) is 0 Å². The lowest BCUT2D eigenvalue weighted by atomic mass is 10.0. The third kappa shape index (κ3) is 7.09. The van der Waals surface area contributed by atoms with E-state index >= 15 is 0 Å². The second-order valence-electron chi connectivity index (χ2n) is 12.0. The first-order valence-electron chi connectivity index (χ1n) is 14.2. The van der Waals surface area contributed by atoms with E-state index in [0.717, 1.165) is 39.5 Å². The van der Waals surface area contributed by atoms with Crippen molar-refractivity contribution in [2.75, 3.05) is 56.4 Å². The van der Waals surface area contributed by atoms with E-state index in [-0.39, 0.29) is 34.4 Å². The molecule has 0 aromatic carbocycles. The first kappa shape index (κ1) is 31.5. The first-order chi connectivity index (χ1) is 20.2. The van der Waals surface area contributed by atoms with Gasteiger partial charge in [0, 0.05) is 51.9 Å². The Morgan fingerprint density at radius 3 is 2.51 bits per heavy atom. The van der Waals surface area contributed by atoms with E-state index in [9.17, 15) is 18.0 Å². The molecule has 2 saturated heterocycles. The molecule has 234 valence electrons. The molecule has 2 amide bonds. The molecule has 2 aliphatic rings. The molecule has 2 aliphatic heterocycles. The number of amides is 2. The fourth-order valence-corrected chi connectivity index (χ4v) is 8.94. The number of carbonyl (C=O) groups excluding carboxylic acids is 2. The van der Waals surface area contributed by atoms with Gasteiger partial charge in [-0.25, -0.2) is 28.2 Å². The predicted molar refractivity (Wildman–Crippen MR) is 167 cm³/mol. The van der Waals surface area contributed by atoms with Crippen molar-refractivity contribution in [2.24, 2.45) is 5.92 Å². The van der Waals surface area contributed by atoms with Crippen molar-refractivity contribution in [1.82, 2.24) is 29.1 Å². The zero-order valence-corrected chi connectivity index (χ0v) is 27.7. The van der Waals surface area contributed by atoms with E-state index < -0.39 is 27.6 Å². The molecule has 5 heterocycles. The molecule has 5 rings (SSSR count). The van der Waals surface area contributed by atoms with Gasteiger partial charge in [0.15, 0.2) is 9.34 Å². The maximum atomic E-state index is 13.5. The van der Waals surface area contributed by atoms with Gasteiger partial charge in [0.2, 0.25) is 5.91 Å². The van der Waals surface area contributed by atoms with Crippen LogP contribution in [-0.4, -0.2) is 107 Å². The van der Waals surface area contributed by atoms with E-state index in [1.54, 1.807) is 45.4 Å². The van der Waals surface area contributed by atoms with Crippen molar-refractivity contribution in [3.8, 4) is 0 Å². The molecule has 0 bridgehead atoms. The summed E-state index contributed by atoms with van der Waals surface area (Å²) in [5.74, 6) is 0.111. The molecular weight excluding hydrogens is 613 g/mol. The van der Waals surface area contributed by atoms with Gasteiger partial charge in [-0.3, -0.25) is 9.69 Å². The average molecular weight is 651 g/mol. The monoisotopic (exact) mass is 650 g/mol. The molecule has 1 unspecified atom stereocenters.